The SMILES string of the molecule is CC(=O)Nc1ccc(C2=NNC(=N[C@H]3CCCC[C@H]3C)SC2)cc1. The van der Waals surface area contributed by atoms with Gasteiger partial charge in [-0.15, -0.1) is 0 Å². The Balaban J connectivity index is 1.63. The van der Waals surface area contributed by atoms with Gasteiger partial charge >= 0.3 is 0 Å². The molecule has 0 aromatic heterocycles. The molecule has 0 radical (unpaired) electrons. The second-order valence-electron chi connectivity index (χ2n) is 6.48. The largest absolute Gasteiger partial charge is 0.326 e. The third-order valence-electron chi connectivity index (χ3n) is 4.52. The Morgan fingerprint density at radius 1 is 1.29 bits per heavy atom. The van der Waals surface area contributed by atoms with Crippen molar-refractivity contribution in [2.45, 2.75) is 45.6 Å². The van der Waals surface area contributed by atoms with Crippen LogP contribution in [0.5, 0.6) is 0 Å². The van der Waals surface area contributed by atoms with Crippen molar-refractivity contribution in [3.05, 3.63) is 29.8 Å². The molecule has 1 aliphatic heterocycles. The van der Waals surface area contributed by atoms with Crippen molar-refractivity contribution in [3.63, 3.8) is 0 Å². The molecule has 128 valence electrons. The minimum absolute atomic E-state index is 0.0622. The second-order valence-corrected chi connectivity index (χ2v) is 7.44. The van der Waals surface area contributed by atoms with E-state index in [-0.39, 0.29) is 5.91 Å². The standard InChI is InChI=1S/C18H24N4OS/c1-12-5-3-4-6-16(12)20-18-22-21-17(11-24-18)14-7-9-15(10-8-14)19-13(2)23/h7-10,12,16H,3-6,11H2,1-2H3,(H,19,23)(H,20,22)/t12-,16+/m1/s1. The Hall–Kier alpha value is -1.82. The van der Waals surface area contributed by atoms with Crippen LogP contribution in [0.4, 0.5) is 5.69 Å². The number of nitrogens with one attached hydrogen (secondary N) is 2. The van der Waals surface area contributed by atoms with Crippen LogP contribution >= 0.6 is 11.8 Å². The monoisotopic (exact) mass is 344 g/mol. The van der Waals surface area contributed by atoms with Crippen molar-refractivity contribution in [1.82, 2.24) is 5.43 Å². The molecule has 0 spiro atoms. The lowest BCUT2D eigenvalue weighted by atomic mass is 9.86. The summed E-state index contributed by atoms with van der Waals surface area (Å²) in [5.41, 5.74) is 5.98. The highest BCUT2D eigenvalue weighted by atomic mass is 32.2. The van der Waals surface area contributed by atoms with Gasteiger partial charge in [-0.25, -0.2) is 0 Å². The van der Waals surface area contributed by atoms with Gasteiger partial charge in [0.15, 0.2) is 5.17 Å². The average Bonchev–Trinajstić information content (AvgIpc) is 2.58. The first-order valence-corrected chi connectivity index (χ1v) is 9.51. The zero-order valence-electron chi connectivity index (χ0n) is 14.2. The second kappa shape index (κ2) is 7.83. The number of carbonyl (C=O) groups excluding carboxylic acids is 1. The smallest absolute Gasteiger partial charge is 0.221 e. The van der Waals surface area contributed by atoms with Crippen LogP contribution in [-0.2, 0) is 4.79 Å². The summed E-state index contributed by atoms with van der Waals surface area (Å²) in [6.07, 6.45) is 5.08. The lowest BCUT2D eigenvalue weighted by Crippen LogP contribution is -2.29. The van der Waals surface area contributed by atoms with Crippen LogP contribution in [0.25, 0.3) is 0 Å². The summed E-state index contributed by atoms with van der Waals surface area (Å²) in [5.74, 6) is 1.42. The fourth-order valence-electron chi connectivity index (χ4n) is 3.12. The zero-order chi connectivity index (χ0) is 16.9. The highest BCUT2D eigenvalue weighted by Crippen LogP contribution is 2.27. The van der Waals surface area contributed by atoms with Gasteiger partial charge in [-0.2, -0.15) is 5.10 Å². The van der Waals surface area contributed by atoms with Gasteiger partial charge in [0.05, 0.1) is 11.8 Å². The Labute approximate surface area is 147 Å². The lowest BCUT2D eigenvalue weighted by Gasteiger charge is -2.26. The number of thioether (sulfide) groups is 1. The van der Waals surface area contributed by atoms with Crippen LogP contribution in [0.15, 0.2) is 34.4 Å². The molecule has 0 saturated heterocycles. The molecule has 2 N–H and O–H groups in total. The van der Waals surface area contributed by atoms with Gasteiger partial charge in [0.2, 0.25) is 5.91 Å². The van der Waals surface area contributed by atoms with E-state index in [0.717, 1.165) is 27.9 Å². The summed E-state index contributed by atoms with van der Waals surface area (Å²) >= 11 is 1.72. The van der Waals surface area contributed by atoms with E-state index in [1.54, 1.807) is 11.8 Å². The van der Waals surface area contributed by atoms with Crippen LogP contribution in [0.1, 0.15) is 45.1 Å². The van der Waals surface area contributed by atoms with Gasteiger partial charge in [-0.3, -0.25) is 15.2 Å². The third kappa shape index (κ3) is 4.38. The fourth-order valence-corrected chi connectivity index (χ4v) is 3.94. The van der Waals surface area contributed by atoms with Gasteiger partial charge in [-0.1, -0.05) is 43.7 Å². The molecule has 0 bridgehead atoms. The van der Waals surface area contributed by atoms with Crippen molar-refractivity contribution in [2.24, 2.45) is 16.0 Å². The molecule has 0 unspecified atom stereocenters. The number of hydrogen-bond donors (Lipinski definition) is 2. The number of anilines is 1. The quantitative estimate of drug-likeness (QED) is 0.880. The zero-order valence-corrected chi connectivity index (χ0v) is 15.0. The first kappa shape index (κ1) is 17.0. The number of nitrogens with zero attached hydrogens (tertiary/aromatic N) is 2. The summed E-state index contributed by atoms with van der Waals surface area (Å²) < 4.78 is 0. The van der Waals surface area contributed by atoms with E-state index in [2.05, 4.69) is 22.8 Å². The maximum absolute atomic E-state index is 11.1. The molecule has 5 nitrogen and oxygen atoms in total. The number of amidine groups is 1. The van der Waals surface area contributed by atoms with E-state index in [0.29, 0.717) is 12.0 Å². The number of benzene rings is 1. The highest BCUT2D eigenvalue weighted by molar-refractivity contribution is 8.14. The van der Waals surface area contributed by atoms with Gasteiger partial charge in [0, 0.05) is 18.4 Å². The Morgan fingerprint density at radius 2 is 2.04 bits per heavy atom. The highest BCUT2D eigenvalue weighted by Gasteiger charge is 2.22. The predicted octanol–water partition coefficient (Wildman–Crippen LogP) is 3.62. The molecule has 1 aromatic carbocycles. The summed E-state index contributed by atoms with van der Waals surface area (Å²) in [6.45, 7) is 3.81. The molecule has 1 amide bonds. The minimum Gasteiger partial charge on any atom is -0.326 e. The van der Waals surface area contributed by atoms with E-state index in [4.69, 9.17) is 4.99 Å². The predicted molar refractivity (Wildman–Crippen MR) is 102 cm³/mol. The first-order chi connectivity index (χ1) is 11.6. The molecule has 6 heteroatoms. The molecule has 1 aromatic rings. The number of hydrogen-bond acceptors (Lipinski definition) is 4. The summed E-state index contributed by atoms with van der Waals surface area (Å²) in [7, 11) is 0. The third-order valence-corrected chi connectivity index (χ3v) is 5.41. The molecular formula is C18H24N4OS. The molecule has 3 rings (SSSR count). The molecule has 1 saturated carbocycles. The van der Waals surface area contributed by atoms with E-state index < -0.39 is 0 Å². The van der Waals surface area contributed by atoms with Gasteiger partial charge in [0.25, 0.3) is 0 Å². The van der Waals surface area contributed by atoms with E-state index in [1.807, 2.05) is 24.3 Å². The van der Waals surface area contributed by atoms with Crippen molar-refractivity contribution in [3.8, 4) is 0 Å². The fraction of sp³-hybridized carbons (Fsp3) is 0.500. The number of aliphatic imine (C=N–C) groups is 1. The normalized spacial score (nSPS) is 25.8. The Kier molecular flexibility index (Phi) is 5.56. The average molecular weight is 344 g/mol. The number of hydrazone groups is 1. The lowest BCUT2D eigenvalue weighted by molar-refractivity contribution is -0.114. The van der Waals surface area contributed by atoms with Crippen LogP contribution in [-0.4, -0.2) is 28.6 Å². The maximum atomic E-state index is 11.1. The molecule has 2 atom stereocenters. The topological polar surface area (TPSA) is 65.8 Å². The van der Waals surface area contributed by atoms with Crippen LogP contribution in [0, 0.1) is 5.92 Å². The molecule has 24 heavy (non-hydrogen) atoms. The van der Waals surface area contributed by atoms with Gasteiger partial charge in [0.1, 0.15) is 0 Å². The van der Waals surface area contributed by atoms with Gasteiger partial charge in [-0.05, 0) is 36.5 Å². The van der Waals surface area contributed by atoms with Crippen molar-refractivity contribution < 1.29 is 4.79 Å². The molecule has 2 aliphatic rings. The van der Waals surface area contributed by atoms with E-state index in [1.165, 1.54) is 32.6 Å². The number of rotatable bonds is 3. The van der Waals surface area contributed by atoms with E-state index >= 15 is 0 Å². The van der Waals surface area contributed by atoms with Gasteiger partial charge < -0.3 is 5.32 Å². The molecule has 1 fully saturated rings. The van der Waals surface area contributed by atoms with E-state index in [9.17, 15) is 4.79 Å². The molecule has 1 aliphatic carbocycles. The van der Waals surface area contributed by atoms with Crippen LogP contribution in [0.3, 0.4) is 0 Å². The summed E-state index contributed by atoms with van der Waals surface area (Å²) in [4.78, 5) is 15.9. The van der Waals surface area contributed by atoms with Crippen molar-refractivity contribution in [1.29, 1.82) is 0 Å². The minimum atomic E-state index is -0.0622. The molecule has 1 heterocycles. The summed E-state index contributed by atoms with van der Waals surface area (Å²) in [6, 6.07) is 8.20. The summed E-state index contributed by atoms with van der Waals surface area (Å²) in [5, 5.41) is 8.20. The number of carbonyl (C=O) groups is 1. The Morgan fingerprint density at radius 3 is 2.67 bits per heavy atom. The number of amides is 1. The van der Waals surface area contributed by atoms with Crippen LogP contribution < -0.4 is 10.7 Å². The van der Waals surface area contributed by atoms with Crippen molar-refractivity contribution in [2.75, 3.05) is 11.1 Å². The molecular weight excluding hydrogens is 320 g/mol. The van der Waals surface area contributed by atoms with Crippen molar-refractivity contribution >= 4 is 34.2 Å². The van der Waals surface area contributed by atoms with Crippen LogP contribution in [0.2, 0.25) is 0 Å². The maximum Gasteiger partial charge on any atom is 0.221 e. The Bertz CT molecular complexity index is 653. The first-order valence-electron chi connectivity index (χ1n) is 8.53.